The predicted molar refractivity (Wildman–Crippen MR) is 124 cm³/mol. The van der Waals surface area contributed by atoms with Crippen molar-refractivity contribution in [1.82, 2.24) is 16.0 Å². The number of carbonyl (C=O) groups is 4. The molecular weight excluding hydrogens is 450 g/mol. The molecule has 0 saturated heterocycles. The zero-order valence-corrected chi connectivity index (χ0v) is 20.4. The maximum atomic E-state index is 11.7. The van der Waals surface area contributed by atoms with Crippen LogP contribution < -0.4 is 16.0 Å². The van der Waals surface area contributed by atoms with E-state index in [0.29, 0.717) is 78.2 Å². The molecule has 0 bridgehead atoms. The molecule has 0 radical (unpaired) electrons. The smallest absolute Gasteiger partial charge is 0.320 e. The third-order valence-electron chi connectivity index (χ3n) is 4.49. The topological polar surface area (TPSA) is 162 Å². The lowest BCUT2D eigenvalue weighted by molar-refractivity contribution is -0.139. The molecule has 0 aliphatic carbocycles. The van der Waals surface area contributed by atoms with E-state index in [-0.39, 0.29) is 37.4 Å². The Hall–Kier alpha value is -2.12. The lowest BCUT2D eigenvalue weighted by Crippen LogP contribution is -2.34. The first-order chi connectivity index (χ1) is 16.4. The van der Waals surface area contributed by atoms with Crippen LogP contribution in [0.2, 0.25) is 0 Å². The van der Waals surface area contributed by atoms with Gasteiger partial charge in [-0.05, 0) is 32.7 Å². The number of ketones is 1. The van der Waals surface area contributed by atoms with E-state index < -0.39 is 12.0 Å². The van der Waals surface area contributed by atoms with Crippen LogP contribution in [0.25, 0.3) is 0 Å². The predicted octanol–water partition coefficient (Wildman–Crippen LogP) is -0.503. The van der Waals surface area contributed by atoms with Gasteiger partial charge in [0.2, 0.25) is 11.8 Å². The molecule has 12 heteroatoms. The highest BCUT2D eigenvalue weighted by Crippen LogP contribution is 2.00. The molecule has 0 aromatic rings. The lowest BCUT2D eigenvalue weighted by atomic mass is 10.1. The number of aliphatic carboxylic acids is 1. The molecule has 0 unspecified atom stereocenters. The molecule has 0 aromatic heterocycles. The number of carboxylic acids is 1. The molecule has 2 amide bonds. The second-order valence-electron chi connectivity index (χ2n) is 7.48. The standard InChI is InChI=1S/C22H41N3O9/c1-18(26)24-9-11-32-13-14-33-16-19(27)6-5-10-31-12-15-34-17-21(28)25-8-4-3-7-20(23-2)22(29)30/h20,23H,3-17H2,1-2H3,(H,24,26)(H,25,28)(H,29,30)/t20-/m0/s1. The van der Waals surface area contributed by atoms with Gasteiger partial charge >= 0.3 is 5.97 Å². The fraction of sp³-hybridized carbons (Fsp3) is 0.818. The van der Waals surface area contributed by atoms with Crippen molar-refractivity contribution >= 4 is 23.6 Å². The van der Waals surface area contributed by atoms with Gasteiger partial charge in [-0.1, -0.05) is 0 Å². The summed E-state index contributed by atoms with van der Waals surface area (Å²) >= 11 is 0. The van der Waals surface area contributed by atoms with E-state index in [1.165, 1.54) is 6.92 Å². The summed E-state index contributed by atoms with van der Waals surface area (Å²) in [7, 11) is 1.61. The Morgan fingerprint density at radius 1 is 0.765 bits per heavy atom. The van der Waals surface area contributed by atoms with Crippen LogP contribution >= 0.6 is 0 Å². The molecule has 0 aromatic carbocycles. The average molecular weight is 492 g/mol. The number of Topliss-reactive ketones (excluding diaryl/α,β-unsaturated/α-hetero) is 1. The summed E-state index contributed by atoms with van der Waals surface area (Å²) in [5.74, 6) is -1.23. The van der Waals surface area contributed by atoms with Crippen LogP contribution in [0.5, 0.6) is 0 Å². The van der Waals surface area contributed by atoms with Gasteiger partial charge < -0.3 is 40.0 Å². The van der Waals surface area contributed by atoms with Crippen LogP contribution in [0.4, 0.5) is 0 Å². The minimum absolute atomic E-state index is 0.0146. The van der Waals surface area contributed by atoms with Gasteiger partial charge in [-0.15, -0.1) is 0 Å². The molecule has 0 aliphatic rings. The highest BCUT2D eigenvalue weighted by atomic mass is 16.5. The van der Waals surface area contributed by atoms with Crippen molar-refractivity contribution < 1.29 is 43.2 Å². The van der Waals surface area contributed by atoms with Crippen molar-refractivity contribution in [1.29, 1.82) is 0 Å². The maximum absolute atomic E-state index is 11.7. The van der Waals surface area contributed by atoms with Gasteiger partial charge in [-0.2, -0.15) is 0 Å². The first-order valence-corrected chi connectivity index (χ1v) is 11.6. The molecule has 4 N–H and O–H groups in total. The minimum Gasteiger partial charge on any atom is -0.480 e. The van der Waals surface area contributed by atoms with E-state index in [2.05, 4.69) is 16.0 Å². The number of hydrogen-bond donors (Lipinski definition) is 4. The summed E-state index contributed by atoms with van der Waals surface area (Å²) in [6.45, 7) is 4.41. The normalized spacial score (nSPS) is 11.7. The third-order valence-corrected chi connectivity index (χ3v) is 4.49. The average Bonchev–Trinajstić information content (AvgIpc) is 2.79. The molecule has 0 spiro atoms. The van der Waals surface area contributed by atoms with Crippen LogP contribution in [0.3, 0.4) is 0 Å². The number of hydrogen-bond acceptors (Lipinski definition) is 9. The number of likely N-dealkylation sites (N-methyl/N-ethyl adjacent to an activating group) is 1. The van der Waals surface area contributed by atoms with Gasteiger partial charge in [0.25, 0.3) is 0 Å². The zero-order chi connectivity index (χ0) is 25.4. The van der Waals surface area contributed by atoms with E-state index in [9.17, 15) is 19.2 Å². The van der Waals surface area contributed by atoms with E-state index in [1.807, 2.05) is 0 Å². The number of carbonyl (C=O) groups excluding carboxylic acids is 3. The van der Waals surface area contributed by atoms with Gasteiger partial charge in [-0.3, -0.25) is 19.2 Å². The van der Waals surface area contributed by atoms with Crippen molar-refractivity contribution in [2.24, 2.45) is 0 Å². The Balaban J connectivity index is 3.38. The molecule has 0 aliphatic heterocycles. The van der Waals surface area contributed by atoms with Crippen molar-refractivity contribution in [3.8, 4) is 0 Å². The SMILES string of the molecule is CN[C@@H](CCCCNC(=O)COCCOCCCC(=O)COCCOCCNC(C)=O)C(=O)O. The van der Waals surface area contributed by atoms with Crippen molar-refractivity contribution in [2.45, 2.75) is 45.1 Å². The zero-order valence-electron chi connectivity index (χ0n) is 20.4. The summed E-state index contributed by atoms with van der Waals surface area (Å²) in [5.41, 5.74) is 0. The number of unbranched alkanes of at least 4 members (excludes halogenated alkanes) is 1. The molecule has 12 nitrogen and oxygen atoms in total. The fourth-order valence-electron chi connectivity index (χ4n) is 2.68. The monoisotopic (exact) mass is 491 g/mol. The van der Waals surface area contributed by atoms with E-state index in [1.54, 1.807) is 7.05 Å². The molecule has 198 valence electrons. The number of nitrogens with one attached hydrogen (secondary N) is 3. The Labute approximate surface area is 201 Å². The summed E-state index contributed by atoms with van der Waals surface area (Å²) in [6, 6.07) is -0.565. The quantitative estimate of drug-likeness (QED) is 0.130. The highest BCUT2D eigenvalue weighted by molar-refractivity contribution is 5.79. The van der Waals surface area contributed by atoms with Crippen LogP contribution in [0.15, 0.2) is 0 Å². The first kappa shape index (κ1) is 31.9. The summed E-state index contributed by atoms with van der Waals surface area (Å²) in [4.78, 5) is 44.9. The first-order valence-electron chi connectivity index (χ1n) is 11.6. The Kier molecular flexibility index (Phi) is 21.2. The van der Waals surface area contributed by atoms with Gasteiger partial charge in [0.05, 0.1) is 33.0 Å². The molecule has 0 fully saturated rings. The molecule has 0 rings (SSSR count). The van der Waals surface area contributed by atoms with Crippen LogP contribution in [-0.4, -0.2) is 108 Å². The Bertz CT molecular complexity index is 576. The maximum Gasteiger partial charge on any atom is 0.320 e. The van der Waals surface area contributed by atoms with E-state index in [4.69, 9.17) is 24.1 Å². The number of amides is 2. The highest BCUT2D eigenvalue weighted by Gasteiger charge is 2.13. The van der Waals surface area contributed by atoms with Crippen molar-refractivity contribution in [3.05, 3.63) is 0 Å². The van der Waals surface area contributed by atoms with Gasteiger partial charge in [0, 0.05) is 33.0 Å². The summed E-state index contributed by atoms with van der Waals surface area (Å²) in [5, 5.41) is 17.0. The Morgan fingerprint density at radius 3 is 2.06 bits per heavy atom. The van der Waals surface area contributed by atoms with E-state index in [0.717, 1.165) is 0 Å². The van der Waals surface area contributed by atoms with Crippen LogP contribution in [-0.2, 0) is 38.1 Å². The summed E-state index contributed by atoms with van der Waals surface area (Å²) < 4.78 is 21.1. The third kappa shape index (κ3) is 21.7. The Morgan fingerprint density at radius 2 is 1.41 bits per heavy atom. The fourth-order valence-corrected chi connectivity index (χ4v) is 2.68. The van der Waals surface area contributed by atoms with Gasteiger partial charge in [0.15, 0.2) is 5.78 Å². The second-order valence-corrected chi connectivity index (χ2v) is 7.48. The molecular formula is C22H41N3O9. The second kappa shape index (κ2) is 22.7. The number of rotatable bonds is 24. The van der Waals surface area contributed by atoms with Crippen molar-refractivity contribution in [3.63, 3.8) is 0 Å². The van der Waals surface area contributed by atoms with Crippen molar-refractivity contribution in [2.75, 3.05) is 73.0 Å². The molecule has 1 atom stereocenters. The lowest BCUT2D eigenvalue weighted by Gasteiger charge is -2.11. The van der Waals surface area contributed by atoms with Gasteiger partial charge in [0.1, 0.15) is 19.3 Å². The minimum atomic E-state index is -0.878. The summed E-state index contributed by atoms with van der Waals surface area (Å²) in [6.07, 6.45) is 2.82. The number of ether oxygens (including phenoxy) is 4. The molecule has 34 heavy (non-hydrogen) atoms. The molecule has 0 saturated carbocycles. The van der Waals surface area contributed by atoms with Crippen LogP contribution in [0.1, 0.15) is 39.0 Å². The molecule has 0 heterocycles. The van der Waals surface area contributed by atoms with E-state index >= 15 is 0 Å². The van der Waals surface area contributed by atoms with Crippen LogP contribution in [0, 0.1) is 0 Å². The largest absolute Gasteiger partial charge is 0.480 e. The van der Waals surface area contributed by atoms with Gasteiger partial charge in [-0.25, -0.2) is 0 Å². The number of carboxylic acid groups (broad SMARTS) is 1.